The summed E-state index contributed by atoms with van der Waals surface area (Å²) in [4.78, 5) is 9.30. The largest absolute Gasteiger partial charge is 0.435 e. The van der Waals surface area contributed by atoms with Crippen LogP contribution in [0.4, 0.5) is 20.5 Å². The number of hydrogen-bond donors (Lipinski definition) is 1. The van der Waals surface area contributed by atoms with Crippen LogP contribution in [0.2, 0.25) is 0 Å². The Morgan fingerprint density at radius 2 is 2.06 bits per heavy atom. The number of nitrogens with zero attached hydrogens (tertiary/aromatic N) is 6. The third-order valence-corrected chi connectivity index (χ3v) is 5.87. The summed E-state index contributed by atoms with van der Waals surface area (Å²) in [5.41, 5.74) is 5.58. The maximum atomic E-state index is 12.7. The van der Waals surface area contributed by atoms with Gasteiger partial charge in [0.2, 0.25) is 5.95 Å². The predicted molar refractivity (Wildman–Crippen MR) is 125 cm³/mol. The molecular formula is C24H25F2N7O2. The first-order valence-electron chi connectivity index (χ1n) is 11.2. The van der Waals surface area contributed by atoms with Crippen LogP contribution in [-0.4, -0.2) is 49.9 Å². The van der Waals surface area contributed by atoms with Gasteiger partial charge in [0, 0.05) is 44.6 Å². The number of benzene rings is 1. The highest BCUT2D eigenvalue weighted by Gasteiger charge is 2.26. The van der Waals surface area contributed by atoms with Crippen LogP contribution in [0.1, 0.15) is 22.5 Å². The maximum Gasteiger partial charge on any atom is 0.387 e. The molecule has 1 aliphatic rings. The Labute approximate surface area is 200 Å². The highest BCUT2D eigenvalue weighted by atomic mass is 19.3. The smallest absolute Gasteiger partial charge is 0.387 e. The van der Waals surface area contributed by atoms with E-state index in [1.165, 1.54) is 6.07 Å². The molecule has 1 aliphatic carbocycles. The molecule has 0 amide bonds. The summed E-state index contributed by atoms with van der Waals surface area (Å²) in [7, 11) is 3.54. The topological polar surface area (TPSA) is 91.9 Å². The molecule has 4 aromatic rings. The first kappa shape index (κ1) is 22.9. The standard InChI is InChI=1S/C24H25F2N7O2/c1-32-19(13-15-4-3-5-17(12-15)35-23(25)26)21-18(30-32)7-6-16-14-27-24(29-22(16)21)28-20-8-9-33(31-20)10-11-34-2/h3-5,8-9,12,14,23H,6-7,10-11,13H2,1-2H3,(H,27,28,29,31). The van der Waals surface area contributed by atoms with E-state index in [-0.39, 0.29) is 5.75 Å². The van der Waals surface area contributed by atoms with Crippen molar-refractivity contribution in [2.45, 2.75) is 32.4 Å². The molecule has 0 fully saturated rings. The Bertz CT molecular complexity index is 1340. The first-order chi connectivity index (χ1) is 17.0. The molecule has 0 spiro atoms. The van der Waals surface area contributed by atoms with Gasteiger partial charge < -0.3 is 14.8 Å². The van der Waals surface area contributed by atoms with E-state index in [4.69, 9.17) is 14.8 Å². The van der Waals surface area contributed by atoms with Crippen molar-refractivity contribution in [3.8, 4) is 17.0 Å². The maximum absolute atomic E-state index is 12.7. The molecule has 0 saturated carbocycles. The molecule has 0 atom stereocenters. The van der Waals surface area contributed by atoms with E-state index < -0.39 is 6.61 Å². The summed E-state index contributed by atoms with van der Waals surface area (Å²) in [6.45, 7) is -1.65. The molecular weight excluding hydrogens is 456 g/mol. The number of anilines is 2. The second-order valence-electron chi connectivity index (χ2n) is 8.24. The molecule has 9 nitrogen and oxygen atoms in total. The fraction of sp³-hybridized carbons (Fsp3) is 0.333. The summed E-state index contributed by atoms with van der Waals surface area (Å²) in [5, 5.41) is 12.4. The highest BCUT2D eigenvalue weighted by molar-refractivity contribution is 5.72. The highest BCUT2D eigenvalue weighted by Crippen LogP contribution is 2.36. The Morgan fingerprint density at radius 3 is 2.89 bits per heavy atom. The number of fused-ring (bicyclic) bond motifs is 3. The van der Waals surface area contributed by atoms with Crippen molar-refractivity contribution in [3.63, 3.8) is 0 Å². The fourth-order valence-electron chi connectivity index (χ4n) is 4.27. The summed E-state index contributed by atoms with van der Waals surface area (Å²) < 4.78 is 38.6. The van der Waals surface area contributed by atoms with Crippen molar-refractivity contribution in [3.05, 3.63) is 65.2 Å². The lowest BCUT2D eigenvalue weighted by Gasteiger charge is -2.17. The predicted octanol–water partition coefficient (Wildman–Crippen LogP) is 3.75. The second-order valence-corrected chi connectivity index (χ2v) is 8.24. The van der Waals surface area contributed by atoms with Crippen molar-refractivity contribution in [1.29, 1.82) is 0 Å². The van der Waals surface area contributed by atoms with E-state index in [1.54, 1.807) is 23.9 Å². The number of aryl methyl sites for hydroxylation is 3. The molecule has 35 heavy (non-hydrogen) atoms. The van der Waals surface area contributed by atoms with Gasteiger partial charge in [-0.25, -0.2) is 9.97 Å². The third-order valence-electron chi connectivity index (χ3n) is 5.87. The van der Waals surface area contributed by atoms with Crippen LogP contribution in [-0.2, 0) is 37.6 Å². The van der Waals surface area contributed by atoms with E-state index in [1.807, 2.05) is 36.3 Å². The van der Waals surface area contributed by atoms with E-state index >= 15 is 0 Å². The van der Waals surface area contributed by atoms with Gasteiger partial charge in [-0.15, -0.1) is 0 Å². The minimum Gasteiger partial charge on any atom is -0.435 e. The molecule has 182 valence electrons. The number of alkyl halides is 2. The van der Waals surface area contributed by atoms with Crippen LogP contribution < -0.4 is 10.1 Å². The SMILES string of the molecule is COCCn1ccc(Nc2ncc3c(n2)-c2c(nn(C)c2Cc2cccc(OC(F)F)c2)CC3)n1. The number of aromatic nitrogens is 6. The normalized spacial score (nSPS) is 12.5. The van der Waals surface area contributed by atoms with Crippen LogP contribution >= 0.6 is 0 Å². The van der Waals surface area contributed by atoms with Crippen LogP contribution in [0.25, 0.3) is 11.3 Å². The first-order valence-corrected chi connectivity index (χ1v) is 11.2. The second kappa shape index (κ2) is 9.79. The van der Waals surface area contributed by atoms with Gasteiger partial charge in [0.05, 0.1) is 30.2 Å². The zero-order valence-corrected chi connectivity index (χ0v) is 19.4. The molecule has 3 aromatic heterocycles. The molecule has 1 N–H and O–H groups in total. The van der Waals surface area contributed by atoms with E-state index in [9.17, 15) is 8.78 Å². The van der Waals surface area contributed by atoms with Gasteiger partial charge in [-0.05, 0) is 36.1 Å². The summed E-state index contributed by atoms with van der Waals surface area (Å²) >= 11 is 0. The lowest BCUT2D eigenvalue weighted by Crippen LogP contribution is -2.10. The van der Waals surface area contributed by atoms with E-state index in [0.29, 0.717) is 31.3 Å². The van der Waals surface area contributed by atoms with Gasteiger partial charge in [0.25, 0.3) is 0 Å². The number of rotatable bonds is 9. The monoisotopic (exact) mass is 481 g/mol. The molecule has 0 unspecified atom stereocenters. The summed E-state index contributed by atoms with van der Waals surface area (Å²) in [6, 6.07) is 8.59. The zero-order valence-electron chi connectivity index (χ0n) is 19.4. The van der Waals surface area contributed by atoms with E-state index in [2.05, 4.69) is 20.1 Å². The average molecular weight is 482 g/mol. The lowest BCUT2D eigenvalue weighted by molar-refractivity contribution is -0.0498. The molecule has 5 rings (SSSR count). The van der Waals surface area contributed by atoms with Crippen molar-refractivity contribution in [2.75, 3.05) is 19.0 Å². The van der Waals surface area contributed by atoms with Crippen LogP contribution in [0.15, 0.2) is 42.7 Å². The number of hydrogen-bond acceptors (Lipinski definition) is 7. The minimum absolute atomic E-state index is 0.132. The summed E-state index contributed by atoms with van der Waals surface area (Å²) in [6.07, 6.45) is 5.77. The molecule has 3 heterocycles. The van der Waals surface area contributed by atoms with Gasteiger partial charge in [0.15, 0.2) is 5.82 Å². The molecule has 1 aromatic carbocycles. The fourth-order valence-corrected chi connectivity index (χ4v) is 4.27. The molecule has 0 aliphatic heterocycles. The Kier molecular flexibility index (Phi) is 6.41. The molecule has 11 heteroatoms. The quantitative estimate of drug-likeness (QED) is 0.389. The Morgan fingerprint density at radius 1 is 1.17 bits per heavy atom. The molecule has 0 saturated heterocycles. The Hall–Kier alpha value is -3.86. The number of nitrogens with one attached hydrogen (secondary N) is 1. The van der Waals surface area contributed by atoms with Gasteiger partial charge in [0.1, 0.15) is 5.75 Å². The van der Waals surface area contributed by atoms with Gasteiger partial charge in [-0.2, -0.15) is 19.0 Å². The van der Waals surface area contributed by atoms with Crippen molar-refractivity contribution >= 4 is 11.8 Å². The zero-order chi connectivity index (χ0) is 24.4. The number of ether oxygens (including phenoxy) is 2. The number of methoxy groups -OCH3 is 1. The van der Waals surface area contributed by atoms with Crippen molar-refractivity contribution < 1.29 is 18.3 Å². The number of halogens is 2. The van der Waals surface area contributed by atoms with Crippen molar-refractivity contribution in [1.82, 2.24) is 29.5 Å². The minimum atomic E-state index is -2.87. The van der Waals surface area contributed by atoms with Crippen LogP contribution in [0.5, 0.6) is 5.75 Å². The van der Waals surface area contributed by atoms with Gasteiger partial charge in [-0.3, -0.25) is 9.36 Å². The lowest BCUT2D eigenvalue weighted by atomic mass is 9.91. The van der Waals surface area contributed by atoms with Crippen molar-refractivity contribution in [2.24, 2.45) is 7.05 Å². The van der Waals surface area contributed by atoms with Crippen LogP contribution in [0.3, 0.4) is 0 Å². The van der Waals surface area contributed by atoms with Gasteiger partial charge in [-0.1, -0.05) is 12.1 Å². The molecule has 0 radical (unpaired) electrons. The van der Waals surface area contributed by atoms with Gasteiger partial charge >= 0.3 is 6.61 Å². The van der Waals surface area contributed by atoms with Crippen LogP contribution in [0, 0.1) is 0 Å². The summed E-state index contributed by atoms with van der Waals surface area (Å²) in [5.74, 6) is 1.21. The Balaban J connectivity index is 1.44. The third kappa shape index (κ3) is 4.99. The molecule has 0 bridgehead atoms. The average Bonchev–Trinajstić information content (AvgIpc) is 3.41. The van der Waals surface area contributed by atoms with E-state index in [0.717, 1.165) is 46.6 Å².